The molecule has 1 aromatic rings. The second-order valence-corrected chi connectivity index (χ2v) is 6.82. The molecule has 6 nitrogen and oxygen atoms in total. The molecule has 1 amide bonds. The lowest BCUT2D eigenvalue weighted by Gasteiger charge is -2.40. The zero-order valence-corrected chi connectivity index (χ0v) is 14.5. The van der Waals surface area contributed by atoms with Crippen LogP contribution in [-0.2, 0) is 0 Å². The van der Waals surface area contributed by atoms with E-state index >= 15 is 0 Å². The summed E-state index contributed by atoms with van der Waals surface area (Å²) in [6.45, 7) is 4.46. The van der Waals surface area contributed by atoms with Gasteiger partial charge >= 0.3 is 0 Å². The number of nitrogens with zero attached hydrogens (tertiary/aromatic N) is 4. The van der Waals surface area contributed by atoms with Gasteiger partial charge < -0.3 is 14.9 Å². The number of pyridine rings is 1. The van der Waals surface area contributed by atoms with Gasteiger partial charge in [0.1, 0.15) is 5.82 Å². The van der Waals surface area contributed by atoms with Crippen LogP contribution in [0.15, 0.2) is 18.3 Å². The Kier molecular flexibility index (Phi) is 5.68. The maximum atomic E-state index is 12.9. The zero-order valence-electron chi connectivity index (χ0n) is 14.5. The summed E-state index contributed by atoms with van der Waals surface area (Å²) in [5.74, 6) is 0.902. The molecule has 0 saturated carbocycles. The van der Waals surface area contributed by atoms with Crippen LogP contribution >= 0.6 is 0 Å². The Bertz CT molecular complexity index is 560. The van der Waals surface area contributed by atoms with Gasteiger partial charge in [0.15, 0.2) is 0 Å². The molecule has 0 aromatic carbocycles. The van der Waals surface area contributed by atoms with Crippen LogP contribution < -0.4 is 4.90 Å². The Labute approximate surface area is 144 Å². The second kappa shape index (κ2) is 7.94. The van der Waals surface area contributed by atoms with E-state index in [-0.39, 0.29) is 12.5 Å². The van der Waals surface area contributed by atoms with Gasteiger partial charge in [0, 0.05) is 51.6 Å². The van der Waals surface area contributed by atoms with Crippen molar-refractivity contribution < 1.29 is 9.90 Å². The molecule has 0 spiro atoms. The second-order valence-electron chi connectivity index (χ2n) is 6.82. The van der Waals surface area contributed by atoms with Crippen LogP contribution in [0.3, 0.4) is 0 Å². The standard InChI is InChI=1S/C18H28N4O2/c1-20-11-12-22(14-15(20)7-13-23)17-16(6-5-8-19-17)18(24)21-9-3-2-4-10-21/h5-6,8,15,23H,2-4,7,9-14H2,1H3. The number of amides is 1. The predicted octanol–water partition coefficient (Wildman–Crippen LogP) is 1.21. The molecular weight excluding hydrogens is 304 g/mol. The van der Waals surface area contributed by atoms with Gasteiger partial charge in [-0.15, -0.1) is 0 Å². The minimum atomic E-state index is 0.107. The summed E-state index contributed by atoms with van der Waals surface area (Å²) in [7, 11) is 2.09. The van der Waals surface area contributed by atoms with Crippen molar-refractivity contribution in [1.82, 2.24) is 14.8 Å². The topological polar surface area (TPSA) is 59.9 Å². The summed E-state index contributed by atoms with van der Waals surface area (Å²) in [6, 6.07) is 4.05. The van der Waals surface area contributed by atoms with Crippen LogP contribution in [-0.4, -0.2) is 78.2 Å². The maximum Gasteiger partial charge on any atom is 0.257 e. The largest absolute Gasteiger partial charge is 0.396 e. The molecule has 1 unspecified atom stereocenters. The number of hydrogen-bond donors (Lipinski definition) is 1. The quantitative estimate of drug-likeness (QED) is 0.898. The molecule has 3 heterocycles. The third-order valence-electron chi connectivity index (χ3n) is 5.20. The smallest absolute Gasteiger partial charge is 0.257 e. The first-order chi connectivity index (χ1) is 11.7. The number of carbonyl (C=O) groups is 1. The van der Waals surface area contributed by atoms with Crippen molar-refractivity contribution >= 4 is 11.7 Å². The number of rotatable bonds is 4. The molecule has 1 atom stereocenters. The fourth-order valence-corrected chi connectivity index (χ4v) is 3.68. The van der Waals surface area contributed by atoms with Crippen LogP contribution in [0.5, 0.6) is 0 Å². The van der Waals surface area contributed by atoms with Crippen molar-refractivity contribution in [3.05, 3.63) is 23.9 Å². The van der Waals surface area contributed by atoms with E-state index in [0.29, 0.717) is 11.6 Å². The lowest BCUT2D eigenvalue weighted by Crippen LogP contribution is -2.52. The summed E-state index contributed by atoms with van der Waals surface area (Å²) in [5.41, 5.74) is 0.715. The Morgan fingerprint density at radius 2 is 2.04 bits per heavy atom. The van der Waals surface area contributed by atoms with Crippen LogP contribution in [0.2, 0.25) is 0 Å². The van der Waals surface area contributed by atoms with Crippen LogP contribution in [0.4, 0.5) is 5.82 Å². The molecule has 2 fully saturated rings. The minimum Gasteiger partial charge on any atom is -0.396 e. The van der Waals surface area contributed by atoms with Crippen molar-refractivity contribution in [3.8, 4) is 0 Å². The highest BCUT2D eigenvalue weighted by Gasteiger charge is 2.28. The first-order valence-electron chi connectivity index (χ1n) is 9.01. The monoisotopic (exact) mass is 332 g/mol. The number of aliphatic hydroxyl groups excluding tert-OH is 1. The van der Waals surface area contributed by atoms with E-state index in [1.807, 2.05) is 17.0 Å². The summed E-state index contributed by atoms with van der Waals surface area (Å²) in [4.78, 5) is 23.9. The van der Waals surface area contributed by atoms with E-state index in [4.69, 9.17) is 0 Å². The van der Waals surface area contributed by atoms with Gasteiger partial charge in [-0.05, 0) is 44.9 Å². The lowest BCUT2D eigenvalue weighted by atomic mass is 10.1. The molecule has 0 radical (unpaired) electrons. The Balaban J connectivity index is 1.79. The van der Waals surface area contributed by atoms with E-state index in [1.165, 1.54) is 6.42 Å². The number of piperidine rings is 1. The average Bonchev–Trinajstić information content (AvgIpc) is 2.64. The third-order valence-corrected chi connectivity index (χ3v) is 5.20. The summed E-state index contributed by atoms with van der Waals surface area (Å²) in [6.07, 6.45) is 5.91. The van der Waals surface area contributed by atoms with Crippen LogP contribution in [0.25, 0.3) is 0 Å². The first kappa shape index (κ1) is 17.2. The number of anilines is 1. The van der Waals surface area contributed by atoms with E-state index in [1.54, 1.807) is 6.20 Å². The van der Waals surface area contributed by atoms with E-state index in [0.717, 1.165) is 57.8 Å². The Morgan fingerprint density at radius 3 is 2.79 bits per heavy atom. The molecular formula is C18H28N4O2. The van der Waals surface area contributed by atoms with Gasteiger partial charge in [-0.3, -0.25) is 9.69 Å². The molecule has 132 valence electrons. The zero-order chi connectivity index (χ0) is 16.9. The number of hydrogen-bond acceptors (Lipinski definition) is 5. The summed E-state index contributed by atoms with van der Waals surface area (Å²) >= 11 is 0. The molecule has 1 aromatic heterocycles. The van der Waals surface area contributed by atoms with Gasteiger partial charge in [-0.1, -0.05) is 0 Å². The number of piperazine rings is 1. The highest BCUT2D eigenvalue weighted by Crippen LogP contribution is 2.24. The molecule has 24 heavy (non-hydrogen) atoms. The normalized spacial score (nSPS) is 22.7. The van der Waals surface area contributed by atoms with Crippen LogP contribution in [0, 0.1) is 0 Å². The first-order valence-corrected chi connectivity index (χ1v) is 9.01. The van der Waals surface area contributed by atoms with E-state index < -0.39 is 0 Å². The summed E-state index contributed by atoms with van der Waals surface area (Å²) in [5, 5.41) is 9.28. The van der Waals surface area contributed by atoms with Gasteiger partial charge in [0.25, 0.3) is 5.91 Å². The van der Waals surface area contributed by atoms with Gasteiger partial charge in [0.2, 0.25) is 0 Å². The maximum absolute atomic E-state index is 12.9. The molecule has 1 N–H and O–H groups in total. The fourth-order valence-electron chi connectivity index (χ4n) is 3.68. The molecule has 0 aliphatic carbocycles. The van der Waals surface area contributed by atoms with Gasteiger partial charge in [-0.2, -0.15) is 0 Å². The van der Waals surface area contributed by atoms with Crippen molar-refractivity contribution in [3.63, 3.8) is 0 Å². The van der Waals surface area contributed by atoms with Crippen molar-refractivity contribution in [2.24, 2.45) is 0 Å². The van der Waals surface area contributed by atoms with Crippen molar-refractivity contribution in [2.45, 2.75) is 31.7 Å². The highest BCUT2D eigenvalue weighted by molar-refractivity contribution is 5.99. The van der Waals surface area contributed by atoms with E-state index in [9.17, 15) is 9.90 Å². The summed E-state index contributed by atoms with van der Waals surface area (Å²) < 4.78 is 0. The fraction of sp³-hybridized carbons (Fsp3) is 0.667. The van der Waals surface area contributed by atoms with Gasteiger partial charge in [-0.25, -0.2) is 4.98 Å². The predicted molar refractivity (Wildman–Crippen MR) is 94.3 cm³/mol. The number of carbonyl (C=O) groups excluding carboxylic acids is 1. The third kappa shape index (κ3) is 3.70. The molecule has 2 aliphatic heterocycles. The number of likely N-dealkylation sites (N-methyl/N-ethyl adjacent to an activating group) is 1. The van der Waals surface area contributed by atoms with E-state index in [2.05, 4.69) is 21.8 Å². The SMILES string of the molecule is CN1CCN(c2ncccc2C(=O)N2CCCCC2)CC1CCO. The van der Waals surface area contributed by atoms with Crippen molar-refractivity contribution in [2.75, 3.05) is 51.3 Å². The lowest BCUT2D eigenvalue weighted by molar-refractivity contribution is 0.0724. The highest BCUT2D eigenvalue weighted by atomic mass is 16.3. The number of aromatic nitrogens is 1. The average molecular weight is 332 g/mol. The molecule has 2 saturated heterocycles. The van der Waals surface area contributed by atoms with Crippen molar-refractivity contribution in [1.29, 1.82) is 0 Å². The number of likely N-dealkylation sites (tertiary alicyclic amines) is 1. The van der Waals surface area contributed by atoms with Gasteiger partial charge in [0.05, 0.1) is 5.56 Å². The minimum absolute atomic E-state index is 0.107. The molecule has 6 heteroatoms. The molecule has 3 rings (SSSR count). The van der Waals surface area contributed by atoms with Crippen LogP contribution in [0.1, 0.15) is 36.0 Å². The molecule has 2 aliphatic rings. The Hall–Kier alpha value is -1.66. The number of aliphatic hydroxyl groups is 1. The Morgan fingerprint density at radius 1 is 1.25 bits per heavy atom. The molecule has 0 bridgehead atoms.